The minimum atomic E-state index is 0.619. The lowest BCUT2D eigenvalue weighted by Gasteiger charge is -2.24. The van der Waals surface area contributed by atoms with Crippen LogP contribution < -0.4 is 5.32 Å². The van der Waals surface area contributed by atoms with Crippen LogP contribution in [-0.4, -0.2) is 19.7 Å². The van der Waals surface area contributed by atoms with E-state index in [1.54, 1.807) is 12.7 Å². The Kier molecular flexibility index (Phi) is 2.40. The summed E-state index contributed by atoms with van der Waals surface area (Å²) in [6.07, 6.45) is 8.37. The molecule has 0 spiro atoms. The fourth-order valence-electron chi connectivity index (χ4n) is 3.23. The van der Waals surface area contributed by atoms with Crippen LogP contribution in [0, 0.1) is 5.92 Å². The maximum Gasteiger partial charge on any atom is 0.124 e. The molecule has 3 rings (SSSR count). The first-order valence-corrected chi connectivity index (χ1v) is 6.22. The van der Waals surface area contributed by atoms with Crippen LogP contribution in [0.25, 0.3) is 0 Å². The molecule has 3 aliphatic rings. The van der Waals surface area contributed by atoms with E-state index in [2.05, 4.69) is 24.4 Å². The average Bonchev–Trinajstić information content (AvgIpc) is 2.55. The fourth-order valence-corrected chi connectivity index (χ4v) is 3.23. The first kappa shape index (κ1) is 10.2. The predicted octanol–water partition coefficient (Wildman–Crippen LogP) is 2.55. The number of hydrogen-bond acceptors (Lipinski definition) is 2. The summed E-state index contributed by atoms with van der Waals surface area (Å²) in [5, 5.41) is 3.59. The van der Waals surface area contributed by atoms with Crippen molar-refractivity contribution >= 4 is 0 Å². The zero-order valence-electron chi connectivity index (χ0n) is 10.0. The molecule has 1 aliphatic heterocycles. The third-order valence-corrected chi connectivity index (χ3v) is 3.99. The van der Waals surface area contributed by atoms with Crippen molar-refractivity contribution in [2.75, 3.05) is 13.7 Å². The Bertz CT molecular complexity index is 403. The zero-order valence-corrected chi connectivity index (χ0v) is 10.0. The van der Waals surface area contributed by atoms with Crippen molar-refractivity contribution in [1.82, 2.24) is 5.32 Å². The second kappa shape index (κ2) is 3.77. The van der Waals surface area contributed by atoms with E-state index in [1.165, 1.54) is 30.4 Å². The molecule has 0 amide bonds. The molecule has 0 bridgehead atoms. The van der Waals surface area contributed by atoms with Crippen molar-refractivity contribution in [3.05, 3.63) is 34.6 Å². The van der Waals surface area contributed by atoms with Crippen molar-refractivity contribution in [3.63, 3.8) is 0 Å². The van der Waals surface area contributed by atoms with Gasteiger partial charge in [0.05, 0.1) is 7.11 Å². The molecule has 16 heavy (non-hydrogen) atoms. The van der Waals surface area contributed by atoms with E-state index in [0.717, 1.165) is 18.2 Å². The van der Waals surface area contributed by atoms with Crippen LogP contribution in [-0.2, 0) is 4.74 Å². The summed E-state index contributed by atoms with van der Waals surface area (Å²) in [6.45, 7) is 3.25. The highest BCUT2D eigenvalue weighted by atomic mass is 16.5. The molecule has 0 aromatic heterocycles. The summed E-state index contributed by atoms with van der Waals surface area (Å²) < 4.78 is 5.50. The van der Waals surface area contributed by atoms with Gasteiger partial charge >= 0.3 is 0 Å². The third-order valence-electron chi connectivity index (χ3n) is 3.99. The smallest absolute Gasteiger partial charge is 0.124 e. The van der Waals surface area contributed by atoms with Crippen molar-refractivity contribution in [3.8, 4) is 0 Å². The predicted molar refractivity (Wildman–Crippen MR) is 65.0 cm³/mol. The molecule has 0 aromatic rings. The molecule has 0 saturated carbocycles. The molecule has 0 unspecified atom stereocenters. The highest BCUT2D eigenvalue weighted by Gasteiger charge is 2.33. The molecule has 2 heteroatoms. The monoisotopic (exact) mass is 217 g/mol. The second-order valence-corrected chi connectivity index (χ2v) is 5.06. The molecule has 2 aliphatic carbocycles. The Labute approximate surface area is 97.1 Å². The number of hydrogen-bond donors (Lipinski definition) is 1. The van der Waals surface area contributed by atoms with Crippen LogP contribution in [0.4, 0.5) is 0 Å². The summed E-state index contributed by atoms with van der Waals surface area (Å²) >= 11 is 0. The standard InChI is InChI=1S/C14H19NO/c1-9-6-10-4-3-5-11-7-13(16-2)12(8-15-9)14(10)11/h5,7,9-10,15H,3-4,6,8H2,1-2H3/t9-,10+/m1/s1. The van der Waals surface area contributed by atoms with E-state index >= 15 is 0 Å². The van der Waals surface area contributed by atoms with Gasteiger partial charge in [0, 0.05) is 18.2 Å². The maximum absolute atomic E-state index is 5.50. The van der Waals surface area contributed by atoms with Gasteiger partial charge in [-0.2, -0.15) is 0 Å². The lowest BCUT2D eigenvalue weighted by atomic mass is 9.81. The van der Waals surface area contributed by atoms with Crippen molar-refractivity contribution in [2.45, 2.75) is 32.2 Å². The van der Waals surface area contributed by atoms with Crippen LogP contribution in [0.5, 0.6) is 0 Å². The van der Waals surface area contributed by atoms with Gasteiger partial charge in [-0.25, -0.2) is 0 Å². The van der Waals surface area contributed by atoms with Crippen molar-refractivity contribution in [1.29, 1.82) is 0 Å². The minimum Gasteiger partial charge on any atom is -0.496 e. The zero-order chi connectivity index (χ0) is 11.1. The first-order chi connectivity index (χ1) is 7.79. The van der Waals surface area contributed by atoms with E-state index in [0.29, 0.717) is 6.04 Å². The quantitative estimate of drug-likeness (QED) is 0.729. The van der Waals surface area contributed by atoms with Gasteiger partial charge in [0.2, 0.25) is 0 Å². The van der Waals surface area contributed by atoms with Gasteiger partial charge in [0.25, 0.3) is 0 Å². The number of methoxy groups -OCH3 is 1. The summed E-state index contributed by atoms with van der Waals surface area (Å²) in [4.78, 5) is 0. The third kappa shape index (κ3) is 1.44. The molecule has 0 saturated heterocycles. The van der Waals surface area contributed by atoms with Crippen LogP contribution >= 0.6 is 0 Å². The minimum absolute atomic E-state index is 0.619. The second-order valence-electron chi connectivity index (χ2n) is 5.06. The fraction of sp³-hybridized carbons (Fsp3) is 0.571. The Hall–Kier alpha value is -1.02. The molecule has 2 atom stereocenters. The topological polar surface area (TPSA) is 21.3 Å². The molecular formula is C14H19NO. The maximum atomic E-state index is 5.50. The molecule has 0 aromatic carbocycles. The van der Waals surface area contributed by atoms with E-state index in [9.17, 15) is 0 Å². The number of allylic oxidation sites excluding steroid dienone is 4. The van der Waals surface area contributed by atoms with E-state index in [-0.39, 0.29) is 0 Å². The highest BCUT2D eigenvalue weighted by Crippen LogP contribution is 2.43. The molecule has 1 heterocycles. The lowest BCUT2D eigenvalue weighted by Crippen LogP contribution is -2.27. The Balaban J connectivity index is 2.05. The van der Waals surface area contributed by atoms with Crippen LogP contribution in [0.3, 0.4) is 0 Å². The summed E-state index contributed by atoms with van der Waals surface area (Å²) in [5.74, 6) is 1.82. The summed E-state index contributed by atoms with van der Waals surface area (Å²) in [7, 11) is 1.78. The molecule has 86 valence electrons. The van der Waals surface area contributed by atoms with Crippen molar-refractivity contribution < 1.29 is 4.74 Å². The van der Waals surface area contributed by atoms with Gasteiger partial charge in [-0.1, -0.05) is 6.08 Å². The molecular weight excluding hydrogens is 198 g/mol. The number of ether oxygens (including phenoxy) is 1. The van der Waals surface area contributed by atoms with Gasteiger partial charge in [-0.05, 0) is 49.3 Å². The Morgan fingerprint density at radius 2 is 2.31 bits per heavy atom. The molecule has 2 nitrogen and oxygen atoms in total. The average molecular weight is 217 g/mol. The molecule has 0 radical (unpaired) electrons. The Morgan fingerprint density at radius 1 is 1.44 bits per heavy atom. The van der Waals surface area contributed by atoms with Gasteiger partial charge in [-0.3, -0.25) is 0 Å². The highest BCUT2D eigenvalue weighted by molar-refractivity contribution is 5.59. The number of rotatable bonds is 1. The van der Waals surface area contributed by atoms with Crippen LogP contribution in [0.15, 0.2) is 34.6 Å². The number of nitrogens with one attached hydrogen (secondary N) is 1. The molecule has 1 N–H and O–H groups in total. The Morgan fingerprint density at radius 3 is 3.12 bits per heavy atom. The first-order valence-electron chi connectivity index (χ1n) is 6.22. The normalized spacial score (nSPS) is 32.9. The van der Waals surface area contributed by atoms with Gasteiger partial charge < -0.3 is 10.1 Å². The lowest BCUT2D eigenvalue weighted by molar-refractivity contribution is 0.299. The van der Waals surface area contributed by atoms with Gasteiger partial charge in [-0.15, -0.1) is 0 Å². The summed E-state index contributed by atoms with van der Waals surface area (Å²) in [6, 6.07) is 0.619. The van der Waals surface area contributed by atoms with Gasteiger partial charge in [0.1, 0.15) is 5.76 Å². The summed E-state index contributed by atoms with van der Waals surface area (Å²) in [5.41, 5.74) is 4.40. The van der Waals surface area contributed by atoms with Crippen LogP contribution in [0.1, 0.15) is 26.2 Å². The van der Waals surface area contributed by atoms with E-state index in [4.69, 9.17) is 4.74 Å². The largest absolute Gasteiger partial charge is 0.496 e. The van der Waals surface area contributed by atoms with Crippen molar-refractivity contribution in [2.24, 2.45) is 5.92 Å². The van der Waals surface area contributed by atoms with Gasteiger partial charge in [0.15, 0.2) is 0 Å². The SMILES string of the molecule is COC1=CC2=CCC[C@H]3C[C@@H](C)NCC1=C23. The molecule has 0 fully saturated rings. The van der Waals surface area contributed by atoms with E-state index in [1.807, 2.05) is 0 Å². The van der Waals surface area contributed by atoms with Crippen LogP contribution in [0.2, 0.25) is 0 Å². The van der Waals surface area contributed by atoms with E-state index < -0.39 is 0 Å².